The van der Waals surface area contributed by atoms with Crippen molar-refractivity contribution in [2.24, 2.45) is 0 Å². The van der Waals surface area contributed by atoms with Crippen LogP contribution >= 0.6 is 23.1 Å². The van der Waals surface area contributed by atoms with Crippen LogP contribution in [-0.2, 0) is 10.5 Å². The molecule has 4 nitrogen and oxygen atoms in total. The van der Waals surface area contributed by atoms with Crippen molar-refractivity contribution in [3.8, 4) is 0 Å². The van der Waals surface area contributed by atoms with Gasteiger partial charge >= 0.3 is 0 Å². The number of hydrogen-bond donors (Lipinski definition) is 1. The Morgan fingerprint density at radius 3 is 2.94 bits per heavy atom. The van der Waals surface area contributed by atoms with Crippen LogP contribution in [0, 0.1) is 0 Å². The molecule has 0 spiro atoms. The number of rotatable bonds is 7. The van der Waals surface area contributed by atoms with E-state index in [9.17, 15) is 4.79 Å². The number of aliphatic hydroxyl groups is 1. The van der Waals surface area contributed by atoms with Crippen molar-refractivity contribution in [1.82, 2.24) is 4.98 Å². The summed E-state index contributed by atoms with van der Waals surface area (Å²) in [7, 11) is 0. The summed E-state index contributed by atoms with van der Waals surface area (Å²) in [6, 6.07) is 0. The number of carbonyl (C=O) groups is 1. The maximum Gasteiger partial charge on any atom is 0.225 e. The van der Waals surface area contributed by atoms with Gasteiger partial charge in [0.1, 0.15) is 0 Å². The van der Waals surface area contributed by atoms with Crippen molar-refractivity contribution in [2.75, 3.05) is 18.1 Å². The summed E-state index contributed by atoms with van der Waals surface area (Å²) in [6.45, 7) is 6.48. The molecule has 0 aromatic carbocycles. The van der Waals surface area contributed by atoms with E-state index in [-0.39, 0.29) is 12.5 Å². The molecule has 0 fully saturated rings. The van der Waals surface area contributed by atoms with Crippen LogP contribution in [0.25, 0.3) is 0 Å². The zero-order valence-electron chi connectivity index (χ0n) is 11.0. The Morgan fingerprint density at radius 2 is 2.39 bits per heavy atom. The average Bonchev–Trinajstić information content (AvgIpc) is 2.76. The van der Waals surface area contributed by atoms with Crippen molar-refractivity contribution >= 4 is 34.1 Å². The van der Waals surface area contributed by atoms with Crippen molar-refractivity contribution < 1.29 is 9.90 Å². The molecule has 0 saturated carbocycles. The molecule has 102 valence electrons. The van der Waals surface area contributed by atoms with Gasteiger partial charge in [0, 0.05) is 36.5 Å². The summed E-state index contributed by atoms with van der Waals surface area (Å²) in [6.07, 6.45) is 0.802. The van der Waals surface area contributed by atoms with Crippen LogP contribution in [0.2, 0.25) is 0 Å². The summed E-state index contributed by atoms with van der Waals surface area (Å²) in [5, 5.41) is 12.0. The lowest BCUT2D eigenvalue weighted by atomic mass is 10.3. The quantitative estimate of drug-likeness (QED) is 0.837. The van der Waals surface area contributed by atoms with Gasteiger partial charge < -0.3 is 5.11 Å². The summed E-state index contributed by atoms with van der Waals surface area (Å²) in [4.78, 5) is 17.5. The number of nitrogens with zero attached hydrogens (tertiary/aromatic N) is 2. The molecule has 1 amide bonds. The van der Waals surface area contributed by atoms with Crippen molar-refractivity contribution in [1.29, 1.82) is 0 Å². The molecule has 18 heavy (non-hydrogen) atoms. The van der Waals surface area contributed by atoms with E-state index in [1.165, 1.54) is 11.3 Å². The van der Waals surface area contributed by atoms with Crippen LogP contribution in [-0.4, -0.2) is 34.4 Å². The van der Waals surface area contributed by atoms with Crippen LogP contribution in [0.3, 0.4) is 0 Å². The highest BCUT2D eigenvalue weighted by atomic mass is 32.2. The largest absolute Gasteiger partial charge is 0.396 e. The van der Waals surface area contributed by atoms with E-state index in [0.717, 1.165) is 23.0 Å². The zero-order valence-corrected chi connectivity index (χ0v) is 12.7. The van der Waals surface area contributed by atoms with Crippen LogP contribution < -0.4 is 4.90 Å². The van der Waals surface area contributed by atoms with Crippen LogP contribution in [0.1, 0.15) is 32.9 Å². The topological polar surface area (TPSA) is 53.4 Å². The number of aromatic nitrogens is 1. The predicted molar refractivity (Wildman–Crippen MR) is 78.3 cm³/mol. The Kier molecular flexibility index (Phi) is 6.67. The van der Waals surface area contributed by atoms with E-state index in [4.69, 9.17) is 5.11 Å². The molecule has 0 aliphatic heterocycles. The van der Waals surface area contributed by atoms with E-state index in [2.05, 4.69) is 11.9 Å². The molecular formula is C12H20N2O2S2. The number of aliphatic hydroxyl groups excluding tert-OH is 1. The third-order valence-electron chi connectivity index (χ3n) is 2.52. The minimum absolute atomic E-state index is 0.0275. The molecular weight excluding hydrogens is 268 g/mol. The minimum Gasteiger partial charge on any atom is -0.396 e. The Balaban J connectivity index is 2.55. The van der Waals surface area contributed by atoms with Gasteiger partial charge in [0.15, 0.2) is 5.13 Å². The fourth-order valence-corrected chi connectivity index (χ4v) is 3.39. The first-order chi connectivity index (χ1) is 8.58. The number of carbonyl (C=O) groups excluding carboxylic acids is 1. The van der Waals surface area contributed by atoms with E-state index >= 15 is 0 Å². The van der Waals surface area contributed by atoms with Gasteiger partial charge in [-0.1, -0.05) is 6.92 Å². The highest BCUT2D eigenvalue weighted by Crippen LogP contribution is 2.25. The molecule has 1 N–H and O–H groups in total. The van der Waals surface area contributed by atoms with Gasteiger partial charge in [-0.15, -0.1) is 11.3 Å². The van der Waals surface area contributed by atoms with Crippen molar-refractivity contribution in [3.05, 3.63) is 11.1 Å². The summed E-state index contributed by atoms with van der Waals surface area (Å²) < 4.78 is 0. The van der Waals surface area contributed by atoms with E-state index in [0.29, 0.717) is 11.8 Å². The lowest BCUT2D eigenvalue weighted by molar-refractivity contribution is -0.116. The molecule has 1 heterocycles. The number of amides is 1. The molecule has 0 saturated heterocycles. The number of thioether (sulfide) groups is 1. The average molecular weight is 288 g/mol. The second-order valence-corrected chi connectivity index (χ2v) is 6.28. The van der Waals surface area contributed by atoms with Crippen molar-refractivity contribution in [2.45, 2.75) is 38.2 Å². The Labute approximate surface area is 116 Å². The number of hydrogen-bond acceptors (Lipinski definition) is 5. The Bertz CT molecular complexity index is 382. The van der Waals surface area contributed by atoms with E-state index < -0.39 is 0 Å². The molecule has 1 aromatic heterocycles. The maximum atomic E-state index is 11.4. The summed E-state index contributed by atoms with van der Waals surface area (Å²) >= 11 is 3.28. The van der Waals surface area contributed by atoms with Gasteiger partial charge in [-0.3, -0.25) is 9.69 Å². The smallest absolute Gasteiger partial charge is 0.225 e. The lowest BCUT2D eigenvalue weighted by Gasteiger charge is -2.14. The standard InChI is InChI=1S/C12H20N2O2S2/c1-4-14(10(3)16)12-13-11(8-18-12)7-17-9(2)5-6-15/h8-9,15H,4-7H2,1-3H3. The van der Waals surface area contributed by atoms with Gasteiger partial charge in [0.2, 0.25) is 5.91 Å². The first kappa shape index (κ1) is 15.5. The molecule has 1 unspecified atom stereocenters. The number of anilines is 1. The molecule has 1 rings (SSSR count). The second-order valence-electron chi connectivity index (χ2n) is 4.02. The van der Waals surface area contributed by atoms with Gasteiger partial charge in [-0.25, -0.2) is 4.98 Å². The first-order valence-electron chi connectivity index (χ1n) is 6.03. The summed E-state index contributed by atoms with van der Waals surface area (Å²) in [5.41, 5.74) is 1.00. The molecule has 0 aliphatic carbocycles. The zero-order chi connectivity index (χ0) is 13.5. The number of thiazole rings is 1. The summed E-state index contributed by atoms with van der Waals surface area (Å²) in [5.74, 6) is 0.854. The first-order valence-corrected chi connectivity index (χ1v) is 7.96. The van der Waals surface area contributed by atoms with E-state index in [1.54, 1.807) is 23.6 Å². The third-order valence-corrected chi connectivity index (χ3v) is 4.70. The van der Waals surface area contributed by atoms with Crippen LogP contribution in [0.5, 0.6) is 0 Å². The van der Waals surface area contributed by atoms with Crippen LogP contribution in [0.15, 0.2) is 5.38 Å². The molecule has 6 heteroatoms. The van der Waals surface area contributed by atoms with Gasteiger partial charge in [0.05, 0.1) is 5.69 Å². The third kappa shape index (κ3) is 4.59. The molecule has 1 aromatic rings. The van der Waals surface area contributed by atoms with Gasteiger partial charge in [-0.05, 0) is 13.3 Å². The Morgan fingerprint density at radius 1 is 1.67 bits per heavy atom. The lowest BCUT2D eigenvalue weighted by Crippen LogP contribution is -2.27. The van der Waals surface area contributed by atoms with Crippen LogP contribution in [0.4, 0.5) is 5.13 Å². The molecule has 1 atom stereocenters. The maximum absolute atomic E-state index is 11.4. The van der Waals surface area contributed by atoms with E-state index in [1.807, 2.05) is 12.3 Å². The monoisotopic (exact) mass is 288 g/mol. The second kappa shape index (κ2) is 7.76. The molecule has 0 radical (unpaired) electrons. The fourth-order valence-electron chi connectivity index (χ4n) is 1.47. The highest BCUT2D eigenvalue weighted by molar-refractivity contribution is 7.99. The molecule has 0 bridgehead atoms. The minimum atomic E-state index is 0.0275. The normalized spacial score (nSPS) is 12.4. The highest BCUT2D eigenvalue weighted by Gasteiger charge is 2.13. The Hall–Kier alpha value is -0.590. The van der Waals surface area contributed by atoms with Crippen molar-refractivity contribution in [3.63, 3.8) is 0 Å². The SMILES string of the molecule is CCN(C(C)=O)c1nc(CSC(C)CCO)cs1. The fraction of sp³-hybridized carbons (Fsp3) is 0.667. The van der Waals surface area contributed by atoms with Gasteiger partial charge in [-0.2, -0.15) is 11.8 Å². The predicted octanol–water partition coefficient (Wildman–Crippen LogP) is 2.52. The van der Waals surface area contributed by atoms with Gasteiger partial charge in [0.25, 0.3) is 0 Å². The molecule has 0 aliphatic rings.